The van der Waals surface area contributed by atoms with Crippen molar-refractivity contribution in [1.29, 1.82) is 0 Å². The van der Waals surface area contributed by atoms with Gasteiger partial charge in [0.15, 0.2) is 0 Å². The number of pyridine rings is 1. The third-order valence-electron chi connectivity index (χ3n) is 5.30. The minimum absolute atomic E-state index is 0.117. The Hall–Kier alpha value is -2.98. The molecule has 0 bridgehead atoms. The number of ether oxygens (including phenoxy) is 1. The van der Waals surface area contributed by atoms with Crippen molar-refractivity contribution in [2.45, 2.75) is 30.7 Å². The average molecular weight is 461 g/mol. The first kappa shape index (κ1) is 23.7. The van der Waals surface area contributed by atoms with E-state index in [-0.39, 0.29) is 36.2 Å². The van der Waals surface area contributed by atoms with Crippen LogP contribution in [0.3, 0.4) is 0 Å². The predicted molar refractivity (Wildman–Crippen MR) is 118 cm³/mol. The van der Waals surface area contributed by atoms with Crippen molar-refractivity contribution in [3.8, 4) is 5.75 Å². The molecule has 0 saturated carbocycles. The van der Waals surface area contributed by atoms with Crippen LogP contribution in [-0.4, -0.2) is 56.3 Å². The lowest BCUT2D eigenvalue weighted by Crippen LogP contribution is -2.45. The van der Waals surface area contributed by atoms with Crippen LogP contribution in [0.4, 0.5) is 0 Å². The van der Waals surface area contributed by atoms with E-state index in [0.717, 1.165) is 5.69 Å². The molecule has 172 valence electrons. The van der Waals surface area contributed by atoms with Crippen molar-refractivity contribution < 1.29 is 22.7 Å². The number of aromatic nitrogens is 1. The molecular weight excluding hydrogens is 432 g/mol. The van der Waals surface area contributed by atoms with Crippen molar-refractivity contribution in [2.24, 2.45) is 5.92 Å². The fraction of sp³-hybridized carbons (Fsp3) is 0.409. The number of nitrogens with zero attached hydrogens (tertiary/aromatic N) is 2. The van der Waals surface area contributed by atoms with E-state index in [4.69, 9.17) is 4.74 Å². The molecule has 1 aromatic carbocycles. The van der Waals surface area contributed by atoms with Crippen molar-refractivity contribution >= 4 is 21.8 Å². The van der Waals surface area contributed by atoms with Gasteiger partial charge in [0.25, 0.3) is 0 Å². The van der Waals surface area contributed by atoms with Crippen LogP contribution in [0.2, 0.25) is 0 Å². The van der Waals surface area contributed by atoms with Gasteiger partial charge in [-0.1, -0.05) is 6.07 Å². The molecular formula is C22H28N4O5S. The molecule has 3 rings (SSSR count). The summed E-state index contributed by atoms with van der Waals surface area (Å²) < 4.78 is 32.3. The molecule has 1 aromatic heterocycles. The molecule has 0 radical (unpaired) electrons. The molecule has 10 heteroatoms. The van der Waals surface area contributed by atoms with Gasteiger partial charge in [-0.15, -0.1) is 0 Å². The van der Waals surface area contributed by atoms with E-state index in [2.05, 4.69) is 15.6 Å². The molecule has 32 heavy (non-hydrogen) atoms. The first-order valence-electron chi connectivity index (χ1n) is 10.5. The second kappa shape index (κ2) is 11.1. The third-order valence-corrected chi connectivity index (χ3v) is 7.18. The van der Waals surface area contributed by atoms with E-state index in [1.807, 2.05) is 12.1 Å². The van der Waals surface area contributed by atoms with Gasteiger partial charge in [0, 0.05) is 32.3 Å². The summed E-state index contributed by atoms with van der Waals surface area (Å²) in [4.78, 5) is 28.8. The normalized spacial score (nSPS) is 16.8. The van der Waals surface area contributed by atoms with Crippen molar-refractivity contribution in [2.75, 3.05) is 26.7 Å². The lowest BCUT2D eigenvalue weighted by Gasteiger charge is -2.31. The van der Waals surface area contributed by atoms with Crippen LogP contribution in [0.1, 0.15) is 25.0 Å². The summed E-state index contributed by atoms with van der Waals surface area (Å²) >= 11 is 0. The summed E-state index contributed by atoms with van der Waals surface area (Å²) in [6, 6.07) is 11.7. The Labute approximate surface area is 188 Å². The first-order valence-corrected chi connectivity index (χ1v) is 11.9. The Morgan fingerprint density at radius 1 is 1.16 bits per heavy atom. The monoisotopic (exact) mass is 460 g/mol. The lowest BCUT2D eigenvalue weighted by molar-refractivity contribution is -0.126. The highest BCUT2D eigenvalue weighted by Gasteiger charge is 2.33. The highest BCUT2D eigenvalue weighted by atomic mass is 32.2. The number of carbonyl (C=O) groups is 2. The molecule has 1 saturated heterocycles. The first-order chi connectivity index (χ1) is 15.4. The molecule has 1 aliphatic rings. The summed E-state index contributed by atoms with van der Waals surface area (Å²) in [5, 5.41) is 5.51. The van der Waals surface area contributed by atoms with Gasteiger partial charge in [-0.3, -0.25) is 14.6 Å². The van der Waals surface area contributed by atoms with Crippen molar-refractivity contribution in [1.82, 2.24) is 19.9 Å². The number of piperidine rings is 1. The van der Waals surface area contributed by atoms with Crippen LogP contribution >= 0.6 is 0 Å². The van der Waals surface area contributed by atoms with Crippen LogP contribution in [0.15, 0.2) is 53.6 Å². The van der Waals surface area contributed by atoms with Gasteiger partial charge in [0.2, 0.25) is 21.8 Å². The Kier molecular flexibility index (Phi) is 8.18. The van der Waals surface area contributed by atoms with E-state index in [1.165, 1.54) is 23.5 Å². The number of methoxy groups -OCH3 is 1. The maximum Gasteiger partial charge on any atom is 0.243 e. The molecule has 9 nitrogen and oxygen atoms in total. The summed E-state index contributed by atoms with van der Waals surface area (Å²) in [5.74, 6) is -0.308. The number of sulfonamides is 1. The number of nitrogens with one attached hydrogen (secondary N) is 2. The van der Waals surface area contributed by atoms with E-state index in [1.54, 1.807) is 24.4 Å². The Morgan fingerprint density at radius 2 is 1.94 bits per heavy atom. The summed E-state index contributed by atoms with van der Waals surface area (Å²) in [6.07, 6.45) is 2.99. The van der Waals surface area contributed by atoms with Gasteiger partial charge in [-0.25, -0.2) is 8.42 Å². The fourth-order valence-electron chi connectivity index (χ4n) is 3.50. The lowest BCUT2D eigenvalue weighted by atomic mass is 9.99. The summed E-state index contributed by atoms with van der Waals surface area (Å²) in [7, 11) is -2.18. The number of hydrogen-bond acceptors (Lipinski definition) is 6. The third kappa shape index (κ3) is 6.27. The topological polar surface area (TPSA) is 118 Å². The second-order valence-corrected chi connectivity index (χ2v) is 9.45. The minimum Gasteiger partial charge on any atom is -0.497 e. The van der Waals surface area contributed by atoms with Crippen molar-refractivity contribution in [3.63, 3.8) is 0 Å². The molecule has 2 aromatic rings. The zero-order valence-corrected chi connectivity index (χ0v) is 18.8. The van der Waals surface area contributed by atoms with Gasteiger partial charge >= 0.3 is 0 Å². The number of carbonyl (C=O) groups excluding carboxylic acids is 2. The molecule has 0 spiro atoms. The number of amides is 2. The standard InChI is InChI=1S/C22H28N4O5S/c1-31-19-7-9-20(10-8-19)32(29,30)26-14-4-5-17(16-26)22(28)24-13-11-21(27)25-15-18-6-2-3-12-23-18/h2-3,6-10,12,17H,4-5,11,13-16H2,1H3,(H,24,28)(H,25,27)/t17-/m1/s1. The quantitative estimate of drug-likeness (QED) is 0.583. The smallest absolute Gasteiger partial charge is 0.243 e. The molecule has 2 N–H and O–H groups in total. The van der Waals surface area contributed by atoms with Gasteiger partial charge < -0.3 is 15.4 Å². The predicted octanol–water partition coefficient (Wildman–Crippen LogP) is 1.31. The fourth-order valence-corrected chi connectivity index (χ4v) is 5.02. The molecule has 0 aliphatic carbocycles. The maximum atomic E-state index is 12.9. The van der Waals surface area contributed by atoms with Crippen LogP contribution in [0.25, 0.3) is 0 Å². The summed E-state index contributed by atoms with van der Waals surface area (Å²) in [5.41, 5.74) is 0.755. The van der Waals surface area contributed by atoms with Crippen LogP contribution in [0, 0.1) is 5.92 Å². The SMILES string of the molecule is COc1ccc(S(=O)(=O)N2CCC[C@@H](C(=O)NCCC(=O)NCc3ccccn3)C2)cc1. The minimum atomic E-state index is -3.69. The number of hydrogen-bond donors (Lipinski definition) is 2. The van der Waals surface area contributed by atoms with Gasteiger partial charge in [0.1, 0.15) is 5.75 Å². The van der Waals surface area contributed by atoms with E-state index in [9.17, 15) is 18.0 Å². The van der Waals surface area contributed by atoms with E-state index in [0.29, 0.717) is 31.7 Å². The van der Waals surface area contributed by atoms with E-state index >= 15 is 0 Å². The van der Waals surface area contributed by atoms with E-state index < -0.39 is 15.9 Å². The average Bonchev–Trinajstić information content (AvgIpc) is 2.83. The van der Waals surface area contributed by atoms with Gasteiger partial charge in [-0.05, 0) is 49.2 Å². The number of benzene rings is 1. The molecule has 0 unspecified atom stereocenters. The highest BCUT2D eigenvalue weighted by molar-refractivity contribution is 7.89. The Balaban J connectivity index is 1.46. The second-order valence-electron chi connectivity index (χ2n) is 7.52. The van der Waals surface area contributed by atoms with Gasteiger partial charge in [0.05, 0.1) is 30.2 Å². The maximum absolute atomic E-state index is 12.9. The molecule has 1 aliphatic heterocycles. The molecule has 1 atom stereocenters. The zero-order valence-electron chi connectivity index (χ0n) is 18.0. The van der Waals surface area contributed by atoms with Crippen molar-refractivity contribution in [3.05, 3.63) is 54.4 Å². The van der Waals surface area contributed by atoms with Crippen LogP contribution in [0.5, 0.6) is 5.75 Å². The van der Waals surface area contributed by atoms with Gasteiger partial charge in [-0.2, -0.15) is 4.31 Å². The number of rotatable bonds is 9. The van der Waals surface area contributed by atoms with Crippen LogP contribution < -0.4 is 15.4 Å². The largest absolute Gasteiger partial charge is 0.497 e. The Bertz CT molecular complexity index is 1010. The zero-order chi connectivity index (χ0) is 23.0. The molecule has 2 amide bonds. The summed E-state index contributed by atoms with van der Waals surface area (Å²) in [6.45, 7) is 1.00. The molecule has 1 fully saturated rings. The highest BCUT2D eigenvalue weighted by Crippen LogP contribution is 2.25. The Morgan fingerprint density at radius 3 is 2.62 bits per heavy atom. The molecule has 2 heterocycles. The van der Waals surface area contributed by atoms with Crippen LogP contribution in [-0.2, 0) is 26.2 Å².